The molecule has 0 radical (unpaired) electrons. The number of hydrogen-bond donors (Lipinski definition) is 5. The Labute approximate surface area is 195 Å². The normalized spacial score (nSPS) is 14.8. The fourth-order valence-corrected chi connectivity index (χ4v) is 4.54. The van der Waals surface area contributed by atoms with Crippen molar-refractivity contribution in [2.75, 3.05) is 19.8 Å². The molecule has 0 aromatic heterocycles. The van der Waals surface area contributed by atoms with Gasteiger partial charge in [0.25, 0.3) is 0 Å². The summed E-state index contributed by atoms with van der Waals surface area (Å²) in [6.07, 6.45) is 0.487. The van der Waals surface area contributed by atoms with Crippen LogP contribution in [0.4, 0.5) is 0 Å². The number of aliphatic hydroxyl groups is 3. The Morgan fingerprint density at radius 2 is 1.36 bits per heavy atom. The second-order valence-electron chi connectivity index (χ2n) is 9.10. The van der Waals surface area contributed by atoms with E-state index in [2.05, 4.69) is 5.32 Å². The number of benzene rings is 2. The van der Waals surface area contributed by atoms with Gasteiger partial charge in [0.05, 0.1) is 31.7 Å². The highest BCUT2D eigenvalue weighted by Crippen LogP contribution is 2.44. The van der Waals surface area contributed by atoms with Gasteiger partial charge in [0.2, 0.25) is 5.91 Å². The van der Waals surface area contributed by atoms with Crippen molar-refractivity contribution in [3.63, 3.8) is 0 Å². The maximum absolute atomic E-state index is 13.7. The second kappa shape index (κ2) is 11.4. The quantitative estimate of drug-likeness (QED) is 0.333. The van der Waals surface area contributed by atoms with E-state index >= 15 is 0 Å². The van der Waals surface area contributed by atoms with Crippen LogP contribution in [0.2, 0.25) is 0 Å². The van der Waals surface area contributed by atoms with Crippen LogP contribution >= 0.6 is 0 Å². The molecule has 7 nitrogen and oxygen atoms in total. The Kier molecular flexibility index (Phi) is 9.16. The zero-order chi connectivity index (χ0) is 24.6. The summed E-state index contributed by atoms with van der Waals surface area (Å²) in [5.74, 6) is -4.41. The highest BCUT2D eigenvalue weighted by atomic mass is 16.4. The van der Waals surface area contributed by atoms with Gasteiger partial charge in [-0.25, -0.2) is 0 Å². The largest absolute Gasteiger partial charge is 0.481 e. The number of carbonyl (C=O) groups is 2. The standard InChI is InChI=1S/C26H35NO6/c1-4-20(18-11-7-5-8-12-18)21(24(32)33)22(23(31)27-26(15-28,16-29)17-30)25(2,3)19-13-9-6-10-14-19/h5-14,20-22,28-30H,4,15-17H2,1-3H3,(H,27,31)(H,32,33). The van der Waals surface area contributed by atoms with Gasteiger partial charge in [-0.15, -0.1) is 0 Å². The first-order valence-electron chi connectivity index (χ1n) is 11.1. The Morgan fingerprint density at radius 3 is 1.79 bits per heavy atom. The Balaban J connectivity index is 2.67. The SMILES string of the molecule is CCC(c1ccccc1)C(C(=O)O)C(C(=O)NC(CO)(CO)CO)C(C)(C)c1ccccc1. The molecule has 0 bridgehead atoms. The molecule has 0 saturated heterocycles. The maximum atomic E-state index is 13.7. The smallest absolute Gasteiger partial charge is 0.307 e. The molecule has 2 aromatic carbocycles. The number of hydrogen-bond acceptors (Lipinski definition) is 5. The van der Waals surface area contributed by atoms with E-state index in [0.29, 0.717) is 6.42 Å². The number of amides is 1. The molecule has 0 aliphatic heterocycles. The molecule has 3 atom stereocenters. The first kappa shape index (κ1) is 26.5. The van der Waals surface area contributed by atoms with Gasteiger partial charge >= 0.3 is 5.97 Å². The fraction of sp³-hybridized carbons (Fsp3) is 0.462. The Hall–Kier alpha value is -2.74. The van der Waals surface area contributed by atoms with E-state index in [1.807, 2.05) is 81.4 Å². The first-order chi connectivity index (χ1) is 15.7. The number of carboxylic acid groups (broad SMARTS) is 1. The van der Waals surface area contributed by atoms with Gasteiger partial charge in [0, 0.05) is 5.41 Å². The lowest BCUT2D eigenvalue weighted by atomic mass is 9.62. The third-order valence-corrected chi connectivity index (χ3v) is 6.62. The zero-order valence-electron chi connectivity index (χ0n) is 19.4. The van der Waals surface area contributed by atoms with Crippen LogP contribution in [0.3, 0.4) is 0 Å². The number of carboxylic acids is 1. The summed E-state index contributed by atoms with van der Waals surface area (Å²) in [7, 11) is 0. The van der Waals surface area contributed by atoms with Crippen molar-refractivity contribution in [3.8, 4) is 0 Å². The summed E-state index contributed by atoms with van der Waals surface area (Å²) < 4.78 is 0. The molecule has 0 fully saturated rings. The van der Waals surface area contributed by atoms with Crippen molar-refractivity contribution in [2.24, 2.45) is 11.8 Å². The van der Waals surface area contributed by atoms with E-state index in [1.165, 1.54) is 0 Å². The third kappa shape index (κ3) is 5.79. The van der Waals surface area contributed by atoms with Crippen LogP contribution in [0.5, 0.6) is 0 Å². The molecule has 180 valence electrons. The average molecular weight is 458 g/mol. The van der Waals surface area contributed by atoms with Gasteiger partial charge in [0.1, 0.15) is 5.54 Å². The van der Waals surface area contributed by atoms with E-state index < -0.39 is 60.4 Å². The van der Waals surface area contributed by atoms with Gasteiger partial charge in [-0.2, -0.15) is 0 Å². The highest BCUT2D eigenvalue weighted by molar-refractivity contribution is 5.87. The topological polar surface area (TPSA) is 127 Å². The van der Waals surface area contributed by atoms with Gasteiger partial charge in [0.15, 0.2) is 0 Å². The molecule has 0 spiro atoms. The lowest BCUT2D eigenvalue weighted by Crippen LogP contribution is -2.61. The van der Waals surface area contributed by atoms with Crippen LogP contribution in [-0.2, 0) is 15.0 Å². The Bertz CT molecular complexity index is 887. The molecule has 7 heteroatoms. The van der Waals surface area contributed by atoms with Crippen molar-refractivity contribution in [1.29, 1.82) is 0 Å². The van der Waals surface area contributed by atoms with E-state index in [4.69, 9.17) is 0 Å². The predicted molar refractivity (Wildman–Crippen MR) is 126 cm³/mol. The number of aliphatic hydroxyl groups excluding tert-OH is 3. The van der Waals surface area contributed by atoms with Gasteiger partial charge in [-0.05, 0) is 23.5 Å². The lowest BCUT2D eigenvalue weighted by Gasteiger charge is -2.42. The van der Waals surface area contributed by atoms with Crippen molar-refractivity contribution >= 4 is 11.9 Å². The molecular formula is C26H35NO6. The summed E-state index contributed by atoms with van der Waals surface area (Å²) in [4.78, 5) is 26.5. The molecule has 0 aliphatic carbocycles. The number of rotatable bonds is 12. The number of nitrogens with one attached hydrogen (secondary N) is 1. The number of aliphatic carboxylic acids is 1. The van der Waals surface area contributed by atoms with Crippen LogP contribution in [0.25, 0.3) is 0 Å². The molecule has 33 heavy (non-hydrogen) atoms. The van der Waals surface area contributed by atoms with E-state index in [9.17, 15) is 30.0 Å². The fourth-order valence-electron chi connectivity index (χ4n) is 4.54. The molecule has 0 saturated carbocycles. The van der Waals surface area contributed by atoms with Gasteiger partial charge < -0.3 is 25.7 Å². The van der Waals surface area contributed by atoms with Crippen LogP contribution in [-0.4, -0.2) is 57.7 Å². The predicted octanol–water partition coefficient (Wildman–Crippen LogP) is 2.31. The van der Waals surface area contributed by atoms with Gasteiger partial charge in [-0.3, -0.25) is 9.59 Å². The summed E-state index contributed by atoms with van der Waals surface area (Å²) in [6.45, 7) is 3.43. The van der Waals surface area contributed by atoms with Crippen LogP contribution in [0, 0.1) is 11.8 Å². The van der Waals surface area contributed by atoms with E-state index in [-0.39, 0.29) is 0 Å². The minimum atomic E-state index is -1.67. The van der Waals surface area contributed by atoms with Crippen molar-refractivity contribution in [2.45, 2.75) is 44.1 Å². The molecule has 1 amide bonds. The summed E-state index contributed by atoms with van der Waals surface area (Å²) in [6, 6.07) is 18.4. The van der Waals surface area contributed by atoms with Crippen molar-refractivity contribution < 1.29 is 30.0 Å². The molecular weight excluding hydrogens is 422 g/mol. The van der Waals surface area contributed by atoms with Crippen LogP contribution in [0.15, 0.2) is 60.7 Å². The molecule has 2 aromatic rings. The molecule has 0 heterocycles. The Morgan fingerprint density at radius 1 is 0.879 bits per heavy atom. The highest BCUT2D eigenvalue weighted by Gasteiger charge is 2.49. The van der Waals surface area contributed by atoms with E-state index in [1.54, 1.807) is 0 Å². The summed E-state index contributed by atoms with van der Waals surface area (Å²) >= 11 is 0. The van der Waals surface area contributed by atoms with Crippen molar-refractivity contribution in [3.05, 3.63) is 71.8 Å². The zero-order valence-corrected chi connectivity index (χ0v) is 19.4. The number of carbonyl (C=O) groups excluding carboxylic acids is 1. The van der Waals surface area contributed by atoms with Gasteiger partial charge in [-0.1, -0.05) is 81.4 Å². The first-order valence-corrected chi connectivity index (χ1v) is 11.1. The monoisotopic (exact) mass is 457 g/mol. The maximum Gasteiger partial charge on any atom is 0.307 e. The molecule has 2 rings (SSSR count). The molecule has 5 N–H and O–H groups in total. The average Bonchev–Trinajstić information content (AvgIpc) is 2.83. The summed E-state index contributed by atoms with van der Waals surface area (Å²) in [5, 5.41) is 42.2. The lowest BCUT2D eigenvalue weighted by molar-refractivity contribution is -0.151. The summed E-state index contributed by atoms with van der Waals surface area (Å²) in [5.41, 5.74) is -1.00. The minimum absolute atomic E-state index is 0.464. The molecule has 3 unspecified atom stereocenters. The van der Waals surface area contributed by atoms with Crippen LogP contribution < -0.4 is 5.32 Å². The van der Waals surface area contributed by atoms with Crippen molar-refractivity contribution in [1.82, 2.24) is 5.32 Å². The second-order valence-corrected chi connectivity index (χ2v) is 9.10. The third-order valence-electron chi connectivity index (χ3n) is 6.62. The molecule has 0 aliphatic rings. The van der Waals surface area contributed by atoms with E-state index in [0.717, 1.165) is 11.1 Å². The van der Waals surface area contributed by atoms with Crippen LogP contribution in [0.1, 0.15) is 44.2 Å². The minimum Gasteiger partial charge on any atom is -0.481 e.